The molecule has 150 valence electrons. The first-order chi connectivity index (χ1) is 13.3. The second-order valence-corrected chi connectivity index (χ2v) is 7.30. The van der Waals surface area contributed by atoms with Crippen molar-refractivity contribution in [3.05, 3.63) is 48.5 Å². The number of benzene rings is 2. The third-order valence-electron chi connectivity index (χ3n) is 3.48. The van der Waals surface area contributed by atoms with Crippen LogP contribution in [0.25, 0.3) is 0 Å². The van der Waals surface area contributed by atoms with Gasteiger partial charge in [0.15, 0.2) is 0 Å². The van der Waals surface area contributed by atoms with Gasteiger partial charge in [0, 0.05) is 11.4 Å². The first kappa shape index (κ1) is 21.2. The van der Waals surface area contributed by atoms with E-state index >= 15 is 0 Å². The third kappa shape index (κ3) is 6.27. The van der Waals surface area contributed by atoms with E-state index < -0.39 is 28.3 Å². The summed E-state index contributed by atoms with van der Waals surface area (Å²) in [4.78, 5) is 23.1. The van der Waals surface area contributed by atoms with Gasteiger partial charge < -0.3 is 14.8 Å². The predicted molar refractivity (Wildman–Crippen MR) is 105 cm³/mol. The fraction of sp³-hybridized carbons (Fsp3) is 0.263. The normalized spacial score (nSPS) is 10.8. The van der Waals surface area contributed by atoms with Crippen LogP contribution in [0.15, 0.2) is 53.4 Å². The van der Waals surface area contributed by atoms with Crippen molar-refractivity contribution in [2.45, 2.75) is 25.2 Å². The van der Waals surface area contributed by atoms with E-state index in [1.807, 2.05) is 6.92 Å². The number of esters is 1. The molecule has 0 aliphatic heterocycles. The van der Waals surface area contributed by atoms with Crippen LogP contribution >= 0.6 is 0 Å². The molecule has 0 atom stereocenters. The van der Waals surface area contributed by atoms with Crippen LogP contribution in [-0.2, 0) is 24.3 Å². The minimum atomic E-state index is -3.79. The summed E-state index contributed by atoms with van der Waals surface area (Å²) in [5.74, 6) is -0.520. The first-order valence-corrected chi connectivity index (χ1v) is 10.1. The molecule has 0 fully saturated rings. The van der Waals surface area contributed by atoms with Gasteiger partial charge in [-0.05, 0) is 62.4 Å². The van der Waals surface area contributed by atoms with E-state index in [1.54, 1.807) is 31.2 Å². The average molecular weight is 406 g/mol. The van der Waals surface area contributed by atoms with Gasteiger partial charge in [-0.2, -0.15) is 0 Å². The van der Waals surface area contributed by atoms with Gasteiger partial charge in [-0.1, -0.05) is 0 Å². The molecule has 2 N–H and O–H groups in total. The first-order valence-electron chi connectivity index (χ1n) is 8.65. The van der Waals surface area contributed by atoms with Crippen molar-refractivity contribution in [3.63, 3.8) is 0 Å². The van der Waals surface area contributed by atoms with E-state index in [1.165, 1.54) is 24.3 Å². The second-order valence-electron chi connectivity index (χ2n) is 5.62. The number of carbonyl (C=O) groups is 2. The maximum absolute atomic E-state index is 12.5. The van der Waals surface area contributed by atoms with Gasteiger partial charge in [0.25, 0.3) is 10.0 Å². The third-order valence-corrected chi connectivity index (χ3v) is 4.87. The summed E-state index contributed by atoms with van der Waals surface area (Å²) in [5, 5.41) is 2.51. The predicted octanol–water partition coefficient (Wildman–Crippen LogP) is 2.78. The number of carbonyl (C=O) groups excluding carboxylic acids is 2. The van der Waals surface area contributed by atoms with Gasteiger partial charge in [0.2, 0.25) is 5.91 Å². The van der Waals surface area contributed by atoms with Crippen molar-refractivity contribution in [2.24, 2.45) is 0 Å². The van der Waals surface area contributed by atoms with E-state index in [2.05, 4.69) is 10.0 Å². The molecule has 2 rings (SSSR count). The molecule has 2 aromatic rings. The number of hydrogen-bond donors (Lipinski definition) is 2. The highest BCUT2D eigenvalue weighted by Crippen LogP contribution is 2.20. The molecule has 1 amide bonds. The highest BCUT2D eigenvalue weighted by atomic mass is 32.2. The zero-order valence-corrected chi connectivity index (χ0v) is 16.4. The van der Waals surface area contributed by atoms with Gasteiger partial charge in [-0.15, -0.1) is 0 Å². The number of nitrogens with one attached hydrogen (secondary N) is 2. The van der Waals surface area contributed by atoms with Gasteiger partial charge in [-0.3, -0.25) is 14.3 Å². The molecule has 0 unspecified atom stereocenters. The molecule has 2 aromatic carbocycles. The Morgan fingerprint density at radius 2 is 1.50 bits per heavy atom. The molecule has 9 heteroatoms. The summed E-state index contributed by atoms with van der Waals surface area (Å²) < 4.78 is 37.4. The number of amides is 1. The summed E-state index contributed by atoms with van der Waals surface area (Å²) in [6, 6.07) is 12.1. The topological polar surface area (TPSA) is 111 Å². The molecule has 0 saturated heterocycles. The van der Waals surface area contributed by atoms with Crippen molar-refractivity contribution in [3.8, 4) is 5.75 Å². The standard InChI is InChI=1S/C19H22N2O6S/c1-3-26-16-9-5-15(6-10-16)21-28(24,25)17-11-7-14(8-12-17)20-18(22)13-19(23)27-4-2/h5-12,21H,3-4,13H2,1-2H3,(H,20,22). The molecule has 0 radical (unpaired) electrons. The van der Waals surface area contributed by atoms with Crippen LogP contribution in [0.3, 0.4) is 0 Å². The van der Waals surface area contributed by atoms with Gasteiger partial charge >= 0.3 is 5.97 Å². The highest BCUT2D eigenvalue weighted by Gasteiger charge is 2.15. The molecule has 0 aromatic heterocycles. The fourth-order valence-corrected chi connectivity index (χ4v) is 3.32. The van der Waals surface area contributed by atoms with Gasteiger partial charge in [-0.25, -0.2) is 8.42 Å². The Morgan fingerprint density at radius 3 is 2.07 bits per heavy atom. The van der Waals surface area contributed by atoms with E-state index in [4.69, 9.17) is 9.47 Å². The Morgan fingerprint density at radius 1 is 0.893 bits per heavy atom. The van der Waals surface area contributed by atoms with Crippen LogP contribution in [0, 0.1) is 0 Å². The van der Waals surface area contributed by atoms with Crippen LogP contribution in [-0.4, -0.2) is 33.5 Å². The van der Waals surface area contributed by atoms with Crippen LogP contribution < -0.4 is 14.8 Å². The minimum Gasteiger partial charge on any atom is -0.494 e. The van der Waals surface area contributed by atoms with Crippen molar-refractivity contribution in [1.29, 1.82) is 0 Å². The Hall–Kier alpha value is -3.07. The smallest absolute Gasteiger partial charge is 0.315 e. The van der Waals surface area contributed by atoms with Crippen LogP contribution in [0.5, 0.6) is 5.75 Å². The maximum Gasteiger partial charge on any atom is 0.315 e. The second kappa shape index (κ2) is 9.75. The Kier molecular flexibility index (Phi) is 7.39. The number of anilines is 2. The summed E-state index contributed by atoms with van der Waals surface area (Å²) in [5.41, 5.74) is 0.768. The molecule has 0 aliphatic carbocycles. The largest absolute Gasteiger partial charge is 0.494 e. The summed E-state index contributed by atoms with van der Waals surface area (Å²) in [7, 11) is -3.79. The average Bonchev–Trinajstić information content (AvgIpc) is 2.64. The van der Waals surface area contributed by atoms with Gasteiger partial charge in [0.1, 0.15) is 12.2 Å². The van der Waals surface area contributed by atoms with E-state index in [0.29, 0.717) is 23.7 Å². The summed E-state index contributed by atoms with van der Waals surface area (Å²) >= 11 is 0. The summed E-state index contributed by atoms with van der Waals surface area (Å²) in [6.07, 6.45) is -0.410. The molecule has 8 nitrogen and oxygen atoms in total. The van der Waals surface area contributed by atoms with Crippen LogP contribution in [0.1, 0.15) is 20.3 Å². The lowest BCUT2D eigenvalue weighted by Gasteiger charge is -2.10. The molecule has 0 spiro atoms. The lowest BCUT2D eigenvalue weighted by atomic mass is 10.3. The number of rotatable bonds is 9. The molecule has 0 heterocycles. The monoisotopic (exact) mass is 406 g/mol. The zero-order chi connectivity index (χ0) is 20.6. The van der Waals surface area contributed by atoms with E-state index in [9.17, 15) is 18.0 Å². The number of hydrogen-bond acceptors (Lipinski definition) is 6. The quantitative estimate of drug-likeness (QED) is 0.489. The Bertz CT molecular complexity index is 908. The zero-order valence-electron chi connectivity index (χ0n) is 15.6. The molecule has 0 bridgehead atoms. The van der Waals surface area contributed by atoms with Crippen molar-refractivity contribution in [2.75, 3.05) is 23.3 Å². The van der Waals surface area contributed by atoms with Crippen LogP contribution in [0.4, 0.5) is 11.4 Å². The lowest BCUT2D eigenvalue weighted by molar-refractivity contribution is -0.145. The minimum absolute atomic E-state index is 0.0322. The Labute approximate surface area is 163 Å². The van der Waals surface area contributed by atoms with Crippen molar-refractivity contribution in [1.82, 2.24) is 0 Å². The number of sulfonamides is 1. The molecule has 0 aliphatic rings. The molecule has 28 heavy (non-hydrogen) atoms. The van der Waals surface area contributed by atoms with E-state index in [-0.39, 0.29) is 11.5 Å². The SMILES string of the molecule is CCOC(=O)CC(=O)Nc1ccc(S(=O)(=O)Nc2ccc(OCC)cc2)cc1. The summed E-state index contributed by atoms with van der Waals surface area (Å²) in [6.45, 7) is 4.23. The van der Waals surface area contributed by atoms with Crippen molar-refractivity contribution >= 4 is 33.3 Å². The molecular formula is C19H22N2O6S. The molecule has 0 saturated carbocycles. The van der Waals surface area contributed by atoms with Crippen molar-refractivity contribution < 1.29 is 27.5 Å². The number of ether oxygens (including phenoxy) is 2. The fourth-order valence-electron chi connectivity index (χ4n) is 2.27. The molecular weight excluding hydrogens is 384 g/mol. The Balaban J connectivity index is 2.00. The van der Waals surface area contributed by atoms with E-state index in [0.717, 1.165) is 0 Å². The lowest BCUT2D eigenvalue weighted by Crippen LogP contribution is -2.18. The van der Waals surface area contributed by atoms with Crippen LogP contribution in [0.2, 0.25) is 0 Å². The van der Waals surface area contributed by atoms with Gasteiger partial charge in [0.05, 0.1) is 18.1 Å². The maximum atomic E-state index is 12.5. The highest BCUT2D eigenvalue weighted by molar-refractivity contribution is 7.92.